The summed E-state index contributed by atoms with van der Waals surface area (Å²) in [6.45, 7) is 0.876. The van der Waals surface area contributed by atoms with Gasteiger partial charge < -0.3 is 4.90 Å². The molecule has 0 saturated heterocycles. The molecule has 2 heterocycles. The third kappa shape index (κ3) is 2.68. The number of halogens is 1. The van der Waals surface area contributed by atoms with Gasteiger partial charge in [-0.05, 0) is 65.2 Å². The number of fused-ring (bicyclic) bond motifs is 1. The van der Waals surface area contributed by atoms with Crippen molar-refractivity contribution < 1.29 is 4.79 Å². The number of aliphatic imine (C=N–C) groups is 1. The van der Waals surface area contributed by atoms with Crippen molar-refractivity contribution in [3.8, 4) is 0 Å². The number of benzene rings is 1. The van der Waals surface area contributed by atoms with Crippen molar-refractivity contribution in [2.24, 2.45) is 4.99 Å². The lowest BCUT2D eigenvalue weighted by atomic mass is 9.88. The standard InChI is InChI=1S/C20H19BrN2OS/c21-18-16-3-1-2-4-17(16)25-19(18)20(24)23(14-7-8-14)15-6-5-12-10-22-11-13(12)9-15/h1-4,11,14-15H,5-10H2. The Morgan fingerprint density at radius 1 is 1.20 bits per heavy atom. The lowest BCUT2D eigenvalue weighted by Crippen LogP contribution is -2.43. The summed E-state index contributed by atoms with van der Waals surface area (Å²) in [7, 11) is 0. The largest absolute Gasteiger partial charge is 0.332 e. The van der Waals surface area contributed by atoms with Crippen LogP contribution in [0.2, 0.25) is 0 Å². The van der Waals surface area contributed by atoms with Gasteiger partial charge in [-0.15, -0.1) is 11.3 Å². The zero-order valence-electron chi connectivity index (χ0n) is 13.9. The molecule has 1 aliphatic heterocycles. The van der Waals surface area contributed by atoms with Crippen LogP contribution in [-0.4, -0.2) is 35.7 Å². The van der Waals surface area contributed by atoms with Gasteiger partial charge in [0.2, 0.25) is 0 Å². The van der Waals surface area contributed by atoms with E-state index in [0.717, 1.165) is 53.4 Å². The van der Waals surface area contributed by atoms with Crippen LogP contribution in [0.1, 0.15) is 41.8 Å². The number of hydrogen-bond donors (Lipinski definition) is 0. The fourth-order valence-electron chi connectivity index (χ4n) is 4.08. The van der Waals surface area contributed by atoms with Gasteiger partial charge in [0.15, 0.2) is 0 Å². The van der Waals surface area contributed by atoms with Crippen molar-refractivity contribution >= 4 is 49.5 Å². The molecule has 1 fully saturated rings. The monoisotopic (exact) mass is 414 g/mol. The van der Waals surface area contributed by atoms with E-state index in [-0.39, 0.29) is 5.91 Å². The van der Waals surface area contributed by atoms with Gasteiger partial charge in [0.1, 0.15) is 4.88 Å². The fraction of sp³-hybridized carbons (Fsp3) is 0.400. The Balaban J connectivity index is 1.49. The first-order valence-electron chi connectivity index (χ1n) is 8.93. The summed E-state index contributed by atoms with van der Waals surface area (Å²) >= 11 is 5.30. The van der Waals surface area contributed by atoms with E-state index in [0.29, 0.717) is 12.1 Å². The number of rotatable bonds is 3. The van der Waals surface area contributed by atoms with Crippen molar-refractivity contribution in [2.45, 2.75) is 44.2 Å². The second-order valence-corrected chi connectivity index (χ2v) is 9.03. The number of amides is 1. The average Bonchev–Trinajstić information content (AvgIpc) is 3.24. The summed E-state index contributed by atoms with van der Waals surface area (Å²) in [6.07, 6.45) is 7.46. The maximum absolute atomic E-state index is 13.5. The third-order valence-corrected chi connectivity index (χ3v) is 7.76. The molecular weight excluding hydrogens is 396 g/mol. The predicted octanol–water partition coefficient (Wildman–Crippen LogP) is 5.20. The number of thiophene rings is 1. The van der Waals surface area contributed by atoms with Crippen LogP contribution in [0.15, 0.2) is 44.9 Å². The highest BCUT2D eigenvalue weighted by atomic mass is 79.9. The summed E-state index contributed by atoms with van der Waals surface area (Å²) < 4.78 is 2.13. The first-order chi connectivity index (χ1) is 12.2. The van der Waals surface area contributed by atoms with Crippen LogP contribution in [0.25, 0.3) is 10.1 Å². The molecule has 1 unspecified atom stereocenters. The number of carbonyl (C=O) groups excluding carboxylic acids is 1. The van der Waals surface area contributed by atoms with E-state index in [4.69, 9.17) is 0 Å². The quantitative estimate of drug-likeness (QED) is 0.678. The first kappa shape index (κ1) is 15.8. The number of carbonyl (C=O) groups is 1. The second kappa shape index (κ2) is 6.06. The van der Waals surface area contributed by atoms with Crippen molar-refractivity contribution in [1.82, 2.24) is 4.90 Å². The van der Waals surface area contributed by atoms with Gasteiger partial charge in [-0.2, -0.15) is 0 Å². The van der Waals surface area contributed by atoms with Crippen LogP contribution < -0.4 is 0 Å². The van der Waals surface area contributed by atoms with Gasteiger partial charge in [0, 0.05) is 32.9 Å². The third-order valence-electron chi connectivity index (χ3n) is 5.52. The maximum Gasteiger partial charge on any atom is 0.265 e. The van der Waals surface area contributed by atoms with Crippen LogP contribution in [-0.2, 0) is 0 Å². The van der Waals surface area contributed by atoms with E-state index >= 15 is 0 Å². The highest BCUT2D eigenvalue weighted by molar-refractivity contribution is 9.10. The molecular formula is C20H19BrN2OS. The summed E-state index contributed by atoms with van der Waals surface area (Å²) in [5.41, 5.74) is 2.87. The Labute approximate surface area is 159 Å². The molecule has 128 valence electrons. The molecule has 0 spiro atoms. The molecule has 25 heavy (non-hydrogen) atoms. The zero-order valence-corrected chi connectivity index (χ0v) is 16.3. The minimum Gasteiger partial charge on any atom is -0.332 e. The van der Waals surface area contributed by atoms with E-state index < -0.39 is 0 Å². The molecule has 1 saturated carbocycles. The molecule has 0 N–H and O–H groups in total. The highest BCUT2D eigenvalue weighted by Gasteiger charge is 2.40. The molecule has 2 aliphatic carbocycles. The van der Waals surface area contributed by atoms with Gasteiger partial charge in [-0.3, -0.25) is 9.79 Å². The van der Waals surface area contributed by atoms with Crippen LogP contribution in [0.3, 0.4) is 0 Å². The molecule has 3 aliphatic rings. The van der Waals surface area contributed by atoms with Crippen LogP contribution in [0.4, 0.5) is 0 Å². The lowest BCUT2D eigenvalue weighted by molar-refractivity contribution is 0.0649. The molecule has 5 rings (SSSR count). The summed E-state index contributed by atoms with van der Waals surface area (Å²) in [5, 5.41) is 1.14. The Morgan fingerprint density at radius 2 is 2.04 bits per heavy atom. The van der Waals surface area contributed by atoms with E-state index in [2.05, 4.69) is 38.0 Å². The van der Waals surface area contributed by atoms with Crippen molar-refractivity contribution in [3.63, 3.8) is 0 Å². The van der Waals surface area contributed by atoms with Crippen molar-refractivity contribution in [2.75, 3.05) is 6.54 Å². The van der Waals surface area contributed by atoms with Gasteiger partial charge in [-0.1, -0.05) is 18.2 Å². The van der Waals surface area contributed by atoms with Crippen LogP contribution in [0.5, 0.6) is 0 Å². The minimum atomic E-state index is 0.208. The van der Waals surface area contributed by atoms with Gasteiger partial charge in [0.25, 0.3) is 5.91 Å². The van der Waals surface area contributed by atoms with E-state index in [1.165, 1.54) is 15.8 Å². The van der Waals surface area contributed by atoms with E-state index in [1.807, 2.05) is 18.3 Å². The molecule has 3 nitrogen and oxygen atoms in total. The normalized spacial score (nSPS) is 22.5. The highest BCUT2D eigenvalue weighted by Crippen LogP contribution is 2.41. The fourth-order valence-corrected chi connectivity index (χ4v) is 6.01. The molecule has 1 aromatic carbocycles. The minimum absolute atomic E-state index is 0.208. The van der Waals surface area contributed by atoms with Gasteiger partial charge in [-0.25, -0.2) is 0 Å². The molecule has 1 atom stereocenters. The topological polar surface area (TPSA) is 32.7 Å². The SMILES string of the molecule is O=C(c1sc2ccccc2c1Br)N(C1CC1)C1CCC2=C(C=NC2)C1. The second-order valence-electron chi connectivity index (χ2n) is 7.18. The Morgan fingerprint density at radius 3 is 2.84 bits per heavy atom. The van der Waals surface area contributed by atoms with Gasteiger partial charge >= 0.3 is 0 Å². The van der Waals surface area contributed by atoms with E-state index in [9.17, 15) is 4.79 Å². The molecule has 0 bridgehead atoms. The average molecular weight is 415 g/mol. The molecule has 0 radical (unpaired) electrons. The number of nitrogens with zero attached hydrogens (tertiary/aromatic N) is 2. The molecule has 1 aromatic heterocycles. The summed E-state index contributed by atoms with van der Waals surface area (Å²) in [5.74, 6) is 0.208. The van der Waals surface area contributed by atoms with E-state index in [1.54, 1.807) is 11.3 Å². The summed E-state index contributed by atoms with van der Waals surface area (Å²) in [6, 6.07) is 8.99. The molecule has 1 amide bonds. The molecule has 2 aromatic rings. The summed E-state index contributed by atoms with van der Waals surface area (Å²) in [4.78, 5) is 20.9. The van der Waals surface area contributed by atoms with Crippen LogP contribution >= 0.6 is 27.3 Å². The smallest absolute Gasteiger partial charge is 0.265 e. The molecule has 5 heteroatoms. The van der Waals surface area contributed by atoms with Crippen LogP contribution in [0, 0.1) is 0 Å². The Bertz CT molecular complexity index is 925. The Kier molecular flexibility index (Phi) is 3.82. The van der Waals surface area contributed by atoms with Gasteiger partial charge in [0.05, 0.1) is 6.54 Å². The first-order valence-corrected chi connectivity index (χ1v) is 10.5. The maximum atomic E-state index is 13.5. The lowest BCUT2D eigenvalue weighted by Gasteiger charge is -2.35. The van der Waals surface area contributed by atoms with Crippen molar-refractivity contribution in [3.05, 3.63) is 44.8 Å². The Hall–Kier alpha value is -1.46. The number of hydrogen-bond acceptors (Lipinski definition) is 3. The predicted molar refractivity (Wildman–Crippen MR) is 107 cm³/mol. The zero-order chi connectivity index (χ0) is 17.0. The van der Waals surface area contributed by atoms with Crippen molar-refractivity contribution in [1.29, 1.82) is 0 Å².